The minimum atomic E-state index is 0.0963. The van der Waals surface area contributed by atoms with Crippen LogP contribution in [-0.2, 0) is 0 Å². The van der Waals surface area contributed by atoms with Crippen molar-refractivity contribution in [2.24, 2.45) is 22.4 Å². The van der Waals surface area contributed by atoms with Crippen LogP contribution < -0.4 is 21.7 Å². The molecule has 1 unspecified atom stereocenters. The molecule has 0 radical (unpaired) electrons. The molecular formula is C17H29N5. The number of aliphatic imine (C=N–C) groups is 1. The zero-order chi connectivity index (χ0) is 16.2. The van der Waals surface area contributed by atoms with E-state index in [0.29, 0.717) is 5.92 Å². The van der Waals surface area contributed by atoms with E-state index < -0.39 is 0 Å². The Balaban J connectivity index is 1.95. The minimum Gasteiger partial charge on any atom is -0.371 e. The molecule has 0 aromatic heterocycles. The zero-order valence-electron chi connectivity index (χ0n) is 14.0. The lowest BCUT2D eigenvalue weighted by Gasteiger charge is -2.36. The fourth-order valence-corrected chi connectivity index (χ4v) is 2.80. The van der Waals surface area contributed by atoms with Gasteiger partial charge in [0.25, 0.3) is 0 Å². The van der Waals surface area contributed by atoms with Gasteiger partial charge in [-0.1, -0.05) is 0 Å². The zero-order valence-corrected chi connectivity index (χ0v) is 14.0. The Hall–Kier alpha value is -1.75. The third-order valence-corrected chi connectivity index (χ3v) is 3.91. The van der Waals surface area contributed by atoms with Gasteiger partial charge in [0.15, 0.2) is 5.96 Å². The van der Waals surface area contributed by atoms with Gasteiger partial charge in [-0.15, -0.1) is 0 Å². The van der Waals surface area contributed by atoms with Crippen LogP contribution in [0.5, 0.6) is 0 Å². The number of hydrogen-bond donors (Lipinski definition) is 3. The number of benzene rings is 1. The standard InChI is InChI=1S/C17H29N5/c1-17(2,3)20-11-13-5-4-10-22(12-13)15-8-6-14(7-9-15)21-16(18)19/h6-9,13,20H,4-5,10-12H2,1-3H3,(H4,18,19,21). The molecule has 1 aliphatic heterocycles. The molecule has 1 aromatic carbocycles. The van der Waals surface area contributed by atoms with Gasteiger partial charge in [0.05, 0.1) is 5.69 Å². The van der Waals surface area contributed by atoms with Crippen molar-refractivity contribution in [3.05, 3.63) is 24.3 Å². The molecule has 5 nitrogen and oxygen atoms in total. The molecule has 22 heavy (non-hydrogen) atoms. The lowest BCUT2D eigenvalue weighted by Crippen LogP contribution is -2.44. The number of nitrogens with one attached hydrogen (secondary N) is 1. The fourth-order valence-electron chi connectivity index (χ4n) is 2.80. The van der Waals surface area contributed by atoms with Gasteiger partial charge < -0.3 is 21.7 Å². The van der Waals surface area contributed by atoms with Crippen molar-refractivity contribution in [2.75, 3.05) is 24.5 Å². The van der Waals surface area contributed by atoms with Crippen molar-refractivity contribution < 1.29 is 0 Å². The average Bonchev–Trinajstić information content (AvgIpc) is 2.45. The third-order valence-electron chi connectivity index (χ3n) is 3.91. The van der Waals surface area contributed by atoms with Gasteiger partial charge >= 0.3 is 0 Å². The second-order valence-electron chi connectivity index (χ2n) is 7.14. The van der Waals surface area contributed by atoms with Crippen LogP contribution >= 0.6 is 0 Å². The first-order valence-corrected chi connectivity index (χ1v) is 8.03. The van der Waals surface area contributed by atoms with E-state index in [2.05, 4.69) is 48.1 Å². The second kappa shape index (κ2) is 7.01. The van der Waals surface area contributed by atoms with Crippen LogP contribution in [0.2, 0.25) is 0 Å². The van der Waals surface area contributed by atoms with Gasteiger partial charge in [-0.2, -0.15) is 0 Å². The molecule has 1 aliphatic rings. The SMILES string of the molecule is CC(C)(C)NCC1CCCN(c2ccc(N=C(N)N)cc2)C1. The summed E-state index contributed by atoms with van der Waals surface area (Å²) in [7, 11) is 0. The summed E-state index contributed by atoms with van der Waals surface area (Å²) in [6.07, 6.45) is 2.54. The molecule has 5 heteroatoms. The largest absolute Gasteiger partial charge is 0.371 e. The third kappa shape index (κ3) is 5.22. The first-order valence-electron chi connectivity index (χ1n) is 8.03. The number of hydrogen-bond acceptors (Lipinski definition) is 3. The molecule has 1 atom stereocenters. The van der Waals surface area contributed by atoms with Crippen molar-refractivity contribution in [2.45, 2.75) is 39.2 Å². The van der Waals surface area contributed by atoms with Crippen LogP contribution in [0.1, 0.15) is 33.6 Å². The van der Waals surface area contributed by atoms with Crippen LogP contribution in [0.25, 0.3) is 0 Å². The summed E-state index contributed by atoms with van der Waals surface area (Å²) in [5, 5.41) is 3.62. The molecule has 1 saturated heterocycles. The summed E-state index contributed by atoms with van der Waals surface area (Å²) in [5.74, 6) is 0.796. The Kier molecular flexibility index (Phi) is 5.29. The molecule has 5 N–H and O–H groups in total. The summed E-state index contributed by atoms with van der Waals surface area (Å²) >= 11 is 0. The van der Waals surface area contributed by atoms with E-state index in [1.165, 1.54) is 18.5 Å². The van der Waals surface area contributed by atoms with Gasteiger partial charge in [-0.3, -0.25) is 0 Å². The number of rotatable bonds is 4. The lowest BCUT2D eigenvalue weighted by atomic mass is 9.96. The Morgan fingerprint density at radius 2 is 1.95 bits per heavy atom. The number of guanidine groups is 1. The van der Waals surface area contributed by atoms with E-state index in [4.69, 9.17) is 11.5 Å². The highest BCUT2D eigenvalue weighted by Crippen LogP contribution is 2.25. The monoisotopic (exact) mass is 303 g/mol. The Morgan fingerprint density at radius 1 is 1.27 bits per heavy atom. The molecule has 0 saturated carbocycles. The van der Waals surface area contributed by atoms with Crippen LogP contribution in [0.3, 0.4) is 0 Å². The quantitative estimate of drug-likeness (QED) is 0.588. The molecular weight excluding hydrogens is 274 g/mol. The molecule has 2 rings (SSSR count). The molecule has 1 heterocycles. The highest BCUT2D eigenvalue weighted by Gasteiger charge is 2.21. The molecule has 0 bridgehead atoms. The van der Waals surface area contributed by atoms with Crippen molar-refractivity contribution in [3.8, 4) is 0 Å². The van der Waals surface area contributed by atoms with Gasteiger partial charge in [0, 0.05) is 30.9 Å². The normalized spacial score (nSPS) is 19.0. The summed E-state index contributed by atoms with van der Waals surface area (Å²) in [6, 6.07) is 8.13. The maximum Gasteiger partial charge on any atom is 0.191 e. The van der Waals surface area contributed by atoms with E-state index in [-0.39, 0.29) is 11.5 Å². The topological polar surface area (TPSA) is 79.7 Å². The van der Waals surface area contributed by atoms with E-state index >= 15 is 0 Å². The predicted octanol–water partition coefficient (Wildman–Crippen LogP) is 2.20. The lowest BCUT2D eigenvalue weighted by molar-refractivity contribution is 0.335. The molecule has 1 aromatic rings. The molecule has 122 valence electrons. The fraction of sp³-hybridized carbons (Fsp3) is 0.588. The number of nitrogens with two attached hydrogens (primary N) is 2. The van der Waals surface area contributed by atoms with E-state index in [9.17, 15) is 0 Å². The van der Waals surface area contributed by atoms with E-state index in [1.807, 2.05) is 12.1 Å². The van der Waals surface area contributed by atoms with Crippen molar-refractivity contribution >= 4 is 17.3 Å². The molecule has 0 amide bonds. The summed E-state index contributed by atoms with van der Waals surface area (Å²) in [5.41, 5.74) is 13.0. The van der Waals surface area contributed by atoms with E-state index in [1.54, 1.807) is 0 Å². The Bertz CT molecular complexity index is 497. The first-order chi connectivity index (χ1) is 10.3. The van der Waals surface area contributed by atoms with Crippen molar-refractivity contribution in [3.63, 3.8) is 0 Å². The summed E-state index contributed by atoms with van der Waals surface area (Å²) < 4.78 is 0. The van der Waals surface area contributed by atoms with Crippen LogP contribution in [-0.4, -0.2) is 31.1 Å². The first kappa shape index (κ1) is 16.6. The second-order valence-corrected chi connectivity index (χ2v) is 7.14. The Labute approximate surface area is 133 Å². The number of nitrogens with zero attached hydrogens (tertiary/aromatic N) is 2. The Morgan fingerprint density at radius 3 is 2.55 bits per heavy atom. The summed E-state index contributed by atoms with van der Waals surface area (Å²) in [4.78, 5) is 6.52. The molecule has 0 spiro atoms. The van der Waals surface area contributed by atoms with Gasteiger partial charge in [-0.25, -0.2) is 4.99 Å². The van der Waals surface area contributed by atoms with Crippen LogP contribution in [0.4, 0.5) is 11.4 Å². The molecule has 1 fully saturated rings. The van der Waals surface area contributed by atoms with Gasteiger partial charge in [0.2, 0.25) is 0 Å². The van der Waals surface area contributed by atoms with Crippen LogP contribution in [0.15, 0.2) is 29.3 Å². The van der Waals surface area contributed by atoms with Crippen molar-refractivity contribution in [1.82, 2.24) is 5.32 Å². The van der Waals surface area contributed by atoms with Gasteiger partial charge in [-0.05, 0) is 63.8 Å². The van der Waals surface area contributed by atoms with E-state index in [0.717, 1.165) is 25.3 Å². The maximum atomic E-state index is 5.40. The predicted molar refractivity (Wildman–Crippen MR) is 94.6 cm³/mol. The number of anilines is 1. The minimum absolute atomic E-state index is 0.0963. The van der Waals surface area contributed by atoms with Crippen molar-refractivity contribution in [1.29, 1.82) is 0 Å². The highest BCUT2D eigenvalue weighted by molar-refractivity contribution is 5.79. The molecule has 0 aliphatic carbocycles. The smallest absolute Gasteiger partial charge is 0.191 e. The van der Waals surface area contributed by atoms with Crippen LogP contribution in [0, 0.1) is 5.92 Å². The average molecular weight is 303 g/mol. The highest BCUT2D eigenvalue weighted by atomic mass is 15.1. The van der Waals surface area contributed by atoms with Gasteiger partial charge in [0.1, 0.15) is 0 Å². The maximum absolute atomic E-state index is 5.40. The summed E-state index contributed by atoms with van der Waals surface area (Å²) in [6.45, 7) is 9.95. The number of piperidine rings is 1.